The molecule has 1 rings (SSSR count). The van der Waals surface area contributed by atoms with Crippen molar-refractivity contribution in [1.82, 2.24) is 0 Å². The van der Waals surface area contributed by atoms with E-state index >= 15 is 0 Å². The van der Waals surface area contributed by atoms with Crippen LogP contribution in [-0.2, 0) is 21.0 Å². The van der Waals surface area contributed by atoms with Crippen LogP contribution in [0.4, 0.5) is 0 Å². The van der Waals surface area contributed by atoms with E-state index in [1.807, 2.05) is 24.3 Å². The molecular formula is C12H14BrNO3. The van der Waals surface area contributed by atoms with Crippen molar-refractivity contribution in [2.75, 3.05) is 6.61 Å². The van der Waals surface area contributed by atoms with Gasteiger partial charge in [0.1, 0.15) is 6.61 Å². The first-order valence-corrected chi connectivity index (χ1v) is 6.01. The molecule has 0 saturated carbocycles. The highest BCUT2D eigenvalue weighted by Gasteiger charge is 2.06. The fourth-order valence-corrected chi connectivity index (χ4v) is 1.55. The number of halogens is 1. The van der Waals surface area contributed by atoms with Crippen molar-refractivity contribution in [3.05, 3.63) is 34.3 Å². The molecule has 0 aliphatic heterocycles. The molecule has 0 fully saturated rings. The van der Waals surface area contributed by atoms with Crippen LogP contribution in [0.5, 0.6) is 0 Å². The molecule has 92 valence electrons. The summed E-state index contributed by atoms with van der Waals surface area (Å²) in [5, 5.41) is 3.69. The van der Waals surface area contributed by atoms with E-state index in [0.717, 1.165) is 10.0 Å². The van der Waals surface area contributed by atoms with E-state index < -0.39 is 5.97 Å². The first-order chi connectivity index (χ1) is 8.13. The fourth-order valence-electron chi connectivity index (χ4n) is 1.10. The molecule has 0 atom stereocenters. The summed E-state index contributed by atoms with van der Waals surface area (Å²) in [6, 6.07) is 7.68. The molecule has 0 aliphatic carbocycles. The number of benzene rings is 1. The highest BCUT2D eigenvalue weighted by atomic mass is 79.9. The average molecular weight is 300 g/mol. The third kappa shape index (κ3) is 4.99. The van der Waals surface area contributed by atoms with Crippen LogP contribution in [0.3, 0.4) is 0 Å². The SMILES string of the molecule is CCOC(=O)/C(C)=N/OCc1cccc(Br)c1. The molecule has 0 aromatic heterocycles. The van der Waals surface area contributed by atoms with Gasteiger partial charge in [0.05, 0.1) is 6.61 Å². The first kappa shape index (κ1) is 13.7. The number of hydrogen-bond donors (Lipinski definition) is 0. The molecule has 0 spiro atoms. The van der Waals surface area contributed by atoms with Crippen molar-refractivity contribution in [2.45, 2.75) is 20.5 Å². The van der Waals surface area contributed by atoms with E-state index in [1.54, 1.807) is 13.8 Å². The van der Waals surface area contributed by atoms with Gasteiger partial charge in [0.15, 0.2) is 5.71 Å². The lowest BCUT2D eigenvalue weighted by atomic mass is 10.2. The topological polar surface area (TPSA) is 47.9 Å². The van der Waals surface area contributed by atoms with Gasteiger partial charge < -0.3 is 9.57 Å². The van der Waals surface area contributed by atoms with Gasteiger partial charge in [-0.15, -0.1) is 0 Å². The van der Waals surface area contributed by atoms with Crippen LogP contribution in [0, 0.1) is 0 Å². The maximum Gasteiger partial charge on any atom is 0.355 e. The zero-order valence-corrected chi connectivity index (χ0v) is 11.4. The number of oxime groups is 1. The van der Waals surface area contributed by atoms with E-state index in [2.05, 4.69) is 21.1 Å². The Labute approximate surface area is 109 Å². The molecule has 0 saturated heterocycles. The van der Waals surface area contributed by atoms with Crippen LogP contribution in [0.2, 0.25) is 0 Å². The van der Waals surface area contributed by atoms with Gasteiger partial charge >= 0.3 is 5.97 Å². The maximum atomic E-state index is 11.2. The van der Waals surface area contributed by atoms with Crippen LogP contribution in [0.15, 0.2) is 33.9 Å². The third-order valence-corrected chi connectivity index (χ3v) is 2.39. The monoisotopic (exact) mass is 299 g/mol. The normalized spacial score (nSPS) is 11.1. The highest BCUT2D eigenvalue weighted by Crippen LogP contribution is 2.12. The zero-order chi connectivity index (χ0) is 12.7. The van der Waals surface area contributed by atoms with Gasteiger partial charge in [-0.2, -0.15) is 0 Å². The number of rotatable bonds is 5. The second kappa shape index (κ2) is 7.06. The van der Waals surface area contributed by atoms with Gasteiger partial charge in [0.25, 0.3) is 0 Å². The van der Waals surface area contributed by atoms with Crippen molar-refractivity contribution in [1.29, 1.82) is 0 Å². The fraction of sp³-hybridized carbons (Fsp3) is 0.333. The van der Waals surface area contributed by atoms with Crippen LogP contribution in [-0.4, -0.2) is 18.3 Å². The molecule has 4 nitrogen and oxygen atoms in total. The van der Waals surface area contributed by atoms with E-state index in [9.17, 15) is 4.79 Å². The number of carbonyl (C=O) groups excluding carboxylic acids is 1. The number of hydrogen-bond acceptors (Lipinski definition) is 4. The van der Waals surface area contributed by atoms with Crippen LogP contribution < -0.4 is 0 Å². The Morgan fingerprint density at radius 3 is 2.88 bits per heavy atom. The molecule has 5 heteroatoms. The molecule has 0 unspecified atom stereocenters. The molecule has 0 N–H and O–H groups in total. The lowest BCUT2D eigenvalue weighted by molar-refractivity contribution is -0.135. The molecule has 0 bridgehead atoms. The van der Waals surface area contributed by atoms with Crippen molar-refractivity contribution >= 4 is 27.6 Å². The van der Waals surface area contributed by atoms with E-state index in [1.165, 1.54) is 0 Å². The summed E-state index contributed by atoms with van der Waals surface area (Å²) in [7, 11) is 0. The molecule has 0 aliphatic rings. The second-order valence-electron chi connectivity index (χ2n) is 3.30. The third-order valence-electron chi connectivity index (χ3n) is 1.89. The minimum Gasteiger partial charge on any atom is -0.461 e. The Morgan fingerprint density at radius 2 is 2.24 bits per heavy atom. The quantitative estimate of drug-likeness (QED) is 0.477. The Morgan fingerprint density at radius 1 is 1.47 bits per heavy atom. The van der Waals surface area contributed by atoms with Crippen LogP contribution >= 0.6 is 15.9 Å². The number of nitrogens with zero attached hydrogens (tertiary/aromatic N) is 1. The van der Waals surface area contributed by atoms with Gasteiger partial charge in [-0.3, -0.25) is 0 Å². The molecule has 0 heterocycles. The summed E-state index contributed by atoms with van der Waals surface area (Å²) < 4.78 is 5.74. The molecular weight excluding hydrogens is 286 g/mol. The standard InChI is InChI=1S/C12H14BrNO3/c1-3-16-12(15)9(2)14-17-8-10-5-4-6-11(13)7-10/h4-7H,3,8H2,1-2H3/b14-9+. The maximum absolute atomic E-state index is 11.2. The highest BCUT2D eigenvalue weighted by molar-refractivity contribution is 9.10. The van der Waals surface area contributed by atoms with E-state index in [4.69, 9.17) is 9.57 Å². The van der Waals surface area contributed by atoms with Gasteiger partial charge in [0.2, 0.25) is 0 Å². The van der Waals surface area contributed by atoms with Gasteiger partial charge in [0, 0.05) is 4.47 Å². The van der Waals surface area contributed by atoms with Gasteiger partial charge in [-0.05, 0) is 31.5 Å². The first-order valence-electron chi connectivity index (χ1n) is 5.21. The minimum absolute atomic E-state index is 0.210. The summed E-state index contributed by atoms with van der Waals surface area (Å²) >= 11 is 3.36. The lowest BCUT2D eigenvalue weighted by Crippen LogP contribution is -2.14. The molecule has 1 aromatic carbocycles. The molecule has 1 aromatic rings. The van der Waals surface area contributed by atoms with Gasteiger partial charge in [-0.25, -0.2) is 4.79 Å². The summed E-state index contributed by atoms with van der Waals surface area (Å²) in [6.07, 6.45) is 0. The Kier molecular flexibility index (Phi) is 5.69. The van der Waals surface area contributed by atoms with Gasteiger partial charge in [-0.1, -0.05) is 33.2 Å². The average Bonchev–Trinajstić information content (AvgIpc) is 2.29. The van der Waals surface area contributed by atoms with Crippen molar-refractivity contribution in [3.63, 3.8) is 0 Å². The Hall–Kier alpha value is -1.36. The number of ether oxygens (including phenoxy) is 1. The number of esters is 1. The lowest BCUT2D eigenvalue weighted by Gasteiger charge is -2.02. The molecule has 0 amide bonds. The van der Waals surface area contributed by atoms with Crippen molar-refractivity contribution in [2.24, 2.45) is 5.16 Å². The van der Waals surface area contributed by atoms with Crippen LogP contribution in [0.25, 0.3) is 0 Å². The smallest absolute Gasteiger partial charge is 0.355 e. The summed E-state index contributed by atoms with van der Waals surface area (Å²) in [5.41, 5.74) is 1.18. The number of carbonyl (C=O) groups is 1. The molecule has 0 radical (unpaired) electrons. The summed E-state index contributed by atoms with van der Waals surface area (Å²) in [5.74, 6) is -0.457. The largest absolute Gasteiger partial charge is 0.461 e. The predicted molar refractivity (Wildman–Crippen MR) is 68.7 cm³/mol. The Balaban J connectivity index is 2.46. The van der Waals surface area contributed by atoms with E-state index in [-0.39, 0.29) is 5.71 Å². The summed E-state index contributed by atoms with van der Waals surface area (Å²) in [6.45, 7) is 3.94. The van der Waals surface area contributed by atoms with Crippen LogP contribution in [0.1, 0.15) is 19.4 Å². The predicted octanol–water partition coefficient (Wildman–Crippen LogP) is 2.90. The summed E-state index contributed by atoms with van der Waals surface area (Å²) in [4.78, 5) is 16.3. The molecule has 17 heavy (non-hydrogen) atoms. The minimum atomic E-state index is -0.457. The zero-order valence-electron chi connectivity index (χ0n) is 9.77. The second-order valence-corrected chi connectivity index (χ2v) is 4.22. The van der Waals surface area contributed by atoms with Crippen molar-refractivity contribution < 1.29 is 14.4 Å². The Bertz CT molecular complexity index is 418. The van der Waals surface area contributed by atoms with E-state index in [0.29, 0.717) is 13.2 Å². The van der Waals surface area contributed by atoms with Crippen molar-refractivity contribution in [3.8, 4) is 0 Å².